The summed E-state index contributed by atoms with van der Waals surface area (Å²) in [7, 11) is 3.95. The number of carbonyl (C=O) groups is 2. The molecular weight excluding hydrogens is 252 g/mol. The van der Waals surface area contributed by atoms with Crippen LogP contribution in [0.3, 0.4) is 0 Å². The van der Waals surface area contributed by atoms with Crippen LogP contribution in [0.2, 0.25) is 0 Å². The molecule has 1 heterocycles. The van der Waals surface area contributed by atoms with Crippen molar-refractivity contribution in [3.63, 3.8) is 0 Å². The Bertz CT molecular complexity index is 297. The Morgan fingerprint density at radius 1 is 1.44 bits per heavy atom. The Morgan fingerprint density at radius 2 is 2.17 bits per heavy atom. The molecule has 6 heteroatoms. The topological polar surface area (TPSA) is 49.9 Å². The highest BCUT2D eigenvalue weighted by molar-refractivity contribution is 7.99. The molecule has 0 aromatic carbocycles. The molecule has 0 aromatic rings. The molecule has 18 heavy (non-hydrogen) atoms. The summed E-state index contributed by atoms with van der Waals surface area (Å²) in [4.78, 5) is 27.3. The molecule has 1 atom stereocenters. The molecule has 0 aliphatic carbocycles. The molecule has 1 unspecified atom stereocenters. The number of esters is 1. The number of hydrogen-bond donors (Lipinski definition) is 0. The lowest BCUT2D eigenvalue weighted by molar-refractivity contribution is -0.161. The molecule has 0 aromatic heterocycles. The predicted molar refractivity (Wildman–Crippen MR) is 72.6 cm³/mol. The maximum absolute atomic E-state index is 12.1. The van der Waals surface area contributed by atoms with Crippen LogP contribution in [-0.2, 0) is 14.3 Å². The van der Waals surface area contributed by atoms with E-state index < -0.39 is 11.9 Å². The van der Waals surface area contributed by atoms with Gasteiger partial charge in [-0.05, 0) is 33.2 Å². The van der Waals surface area contributed by atoms with Crippen molar-refractivity contribution in [2.75, 3.05) is 45.3 Å². The number of rotatable bonds is 3. The van der Waals surface area contributed by atoms with E-state index in [1.54, 1.807) is 11.8 Å². The summed E-state index contributed by atoms with van der Waals surface area (Å²) in [5, 5.41) is 0. The van der Waals surface area contributed by atoms with Crippen LogP contribution in [0.4, 0.5) is 0 Å². The lowest BCUT2D eigenvalue weighted by Crippen LogP contribution is -2.49. The maximum Gasteiger partial charge on any atom is 0.397 e. The first-order valence-corrected chi connectivity index (χ1v) is 7.42. The van der Waals surface area contributed by atoms with E-state index in [0.717, 1.165) is 24.5 Å². The number of likely N-dealkylation sites (N-methyl/N-ethyl adjacent to an activating group) is 1. The Hall–Kier alpha value is -0.750. The normalized spacial score (nSPS) is 20.7. The lowest BCUT2D eigenvalue weighted by Gasteiger charge is -2.30. The summed E-state index contributed by atoms with van der Waals surface area (Å²) in [6.07, 6.45) is 0.930. The third kappa shape index (κ3) is 4.49. The van der Waals surface area contributed by atoms with Crippen LogP contribution in [0.5, 0.6) is 0 Å². The quantitative estimate of drug-likeness (QED) is 0.552. The number of thioether (sulfide) groups is 1. The van der Waals surface area contributed by atoms with Crippen molar-refractivity contribution < 1.29 is 14.3 Å². The smallest absolute Gasteiger partial charge is 0.397 e. The van der Waals surface area contributed by atoms with Gasteiger partial charge < -0.3 is 14.5 Å². The molecule has 1 aliphatic rings. The highest BCUT2D eigenvalue weighted by Crippen LogP contribution is 2.17. The molecular formula is C12H22N2O3S. The highest BCUT2D eigenvalue weighted by Gasteiger charge is 2.30. The minimum absolute atomic E-state index is 0.0874. The molecule has 1 saturated heterocycles. The van der Waals surface area contributed by atoms with Crippen LogP contribution in [0.25, 0.3) is 0 Å². The van der Waals surface area contributed by atoms with Crippen molar-refractivity contribution in [2.45, 2.75) is 19.4 Å². The Labute approximate surface area is 113 Å². The van der Waals surface area contributed by atoms with Crippen LogP contribution < -0.4 is 0 Å². The minimum atomic E-state index is -0.729. The van der Waals surface area contributed by atoms with E-state index in [1.807, 2.05) is 30.8 Å². The highest BCUT2D eigenvalue weighted by atomic mass is 32.2. The average molecular weight is 274 g/mol. The van der Waals surface area contributed by atoms with Crippen LogP contribution >= 0.6 is 11.8 Å². The fourth-order valence-electron chi connectivity index (χ4n) is 1.98. The van der Waals surface area contributed by atoms with E-state index in [0.29, 0.717) is 6.54 Å². The molecule has 104 valence electrons. The zero-order valence-electron chi connectivity index (χ0n) is 11.3. The van der Waals surface area contributed by atoms with Gasteiger partial charge in [0, 0.05) is 18.8 Å². The number of amides is 1. The SMILES string of the molecule is CCOC(=O)C(=O)N1CCCSCC1CN(C)C. The Balaban J connectivity index is 2.71. The Kier molecular flexibility index (Phi) is 6.49. The van der Waals surface area contributed by atoms with E-state index in [4.69, 9.17) is 4.74 Å². The summed E-state index contributed by atoms with van der Waals surface area (Å²) >= 11 is 1.84. The minimum Gasteiger partial charge on any atom is -0.459 e. The maximum atomic E-state index is 12.1. The third-order valence-electron chi connectivity index (χ3n) is 2.73. The van der Waals surface area contributed by atoms with Gasteiger partial charge in [0.25, 0.3) is 0 Å². The molecule has 0 spiro atoms. The van der Waals surface area contributed by atoms with Crippen molar-refractivity contribution >= 4 is 23.6 Å². The molecule has 1 aliphatic heterocycles. The summed E-state index contributed by atoms with van der Waals surface area (Å²) in [6.45, 7) is 3.37. The Morgan fingerprint density at radius 3 is 2.78 bits per heavy atom. The van der Waals surface area contributed by atoms with Gasteiger partial charge >= 0.3 is 11.9 Å². The number of carbonyl (C=O) groups excluding carboxylic acids is 2. The van der Waals surface area contributed by atoms with Gasteiger partial charge in [-0.1, -0.05) is 0 Å². The second-order valence-electron chi connectivity index (χ2n) is 4.56. The van der Waals surface area contributed by atoms with Gasteiger partial charge in [-0.25, -0.2) is 4.79 Å². The zero-order chi connectivity index (χ0) is 13.5. The van der Waals surface area contributed by atoms with Gasteiger partial charge in [0.05, 0.1) is 12.6 Å². The molecule has 0 N–H and O–H groups in total. The second kappa shape index (κ2) is 7.63. The molecule has 1 fully saturated rings. The van der Waals surface area contributed by atoms with E-state index in [1.165, 1.54) is 0 Å². The summed E-state index contributed by atoms with van der Waals surface area (Å²) in [5.74, 6) is 0.694. The lowest BCUT2D eigenvalue weighted by atomic mass is 10.2. The number of ether oxygens (including phenoxy) is 1. The molecule has 5 nitrogen and oxygen atoms in total. The van der Waals surface area contributed by atoms with Crippen molar-refractivity contribution in [2.24, 2.45) is 0 Å². The van der Waals surface area contributed by atoms with Crippen molar-refractivity contribution in [3.8, 4) is 0 Å². The van der Waals surface area contributed by atoms with E-state index in [9.17, 15) is 9.59 Å². The van der Waals surface area contributed by atoms with Gasteiger partial charge in [0.1, 0.15) is 0 Å². The fourth-order valence-corrected chi connectivity index (χ4v) is 3.04. The van der Waals surface area contributed by atoms with Crippen LogP contribution in [0.1, 0.15) is 13.3 Å². The summed E-state index contributed by atoms with van der Waals surface area (Å²) < 4.78 is 4.80. The summed E-state index contributed by atoms with van der Waals surface area (Å²) in [6, 6.07) is 0.0874. The third-order valence-corrected chi connectivity index (χ3v) is 3.92. The standard InChI is InChI=1S/C12H22N2O3S/c1-4-17-12(16)11(15)14-6-5-7-18-9-10(14)8-13(2)3/h10H,4-9H2,1-3H3. The fraction of sp³-hybridized carbons (Fsp3) is 0.833. The van der Waals surface area contributed by atoms with E-state index in [2.05, 4.69) is 0 Å². The van der Waals surface area contributed by atoms with Gasteiger partial charge in [0.2, 0.25) is 0 Å². The van der Waals surface area contributed by atoms with Crippen LogP contribution in [-0.4, -0.2) is 73.0 Å². The molecule has 1 amide bonds. The number of nitrogens with zero attached hydrogens (tertiary/aromatic N) is 2. The molecule has 1 rings (SSSR count). The second-order valence-corrected chi connectivity index (χ2v) is 5.71. The molecule has 0 radical (unpaired) electrons. The number of hydrogen-bond acceptors (Lipinski definition) is 5. The van der Waals surface area contributed by atoms with Crippen molar-refractivity contribution in [1.82, 2.24) is 9.80 Å². The van der Waals surface area contributed by atoms with E-state index >= 15 is 0 Å². The first kappa shape index (κ1) is 15.3. The molecule has 0 bridgehead atoms. The zero-order valence-corrected chi connectivity index (χ0v) is 12.2. The monoisotopic (exact) mass is 274 g/mol. The van der Waals surface area contributed by atoms with Gasteiger partial charge in [0.15, 0.2) is 0 Å². The first-order valence-electron chi connectivity index (χ1n) is 6.26. The summed E-state index contributed by atoms with van der Waals surface area (Å²) in [5.41, 5.74) is 0. The van der Waals surface area contributed by atoms with E-state index in [-0.39, 0.29) is 12.6 Å². The molecule has 0 saturated carbocycles. The van der Waals surface area contributed by atoms with Gasteiger partial charge in [-0.15, -0.1) is 0 Å². The van der Waals surface area contributed by atoms with Gasteiger partial charge in [-0.3, -0.25) is 4.79 Å². The predicted octanol–water partition coefficient (Wildman–Crippen LogP) is 0.445. The van der Waals surface area contributed by atoms with Crippen LogP contribution in [0, 0.1) is 0 Å². The largest absolute Gasteiger partial charge is 0.459 e. The first-order chi connectivity index (χ1) is 8.56. The average Bonchev–Trinajstić information content (AvgIpc) is 2.53. The van der Waals surface area contributed by atoms with Crippen LogP contribution in [0.15, 0.2) is 0 Å². The van der Waals surface area contributed by atoms with Gasteiger partial charge in [-0.2, -0.15) is 11.8 Å². The van der Waals surface area contributed by atoms with Crippen molar-refractivity contribution in [3.05, 3.63) is 0 Å². The van der Waals surface area contributed by atoms with Crippen molar-refractivity contribution in [1.29, 1.82) is 0 Å².